The number of methoxy groups -OCH3 is 1. The standard InChI is InChI=1S/C14H20N2O4S/c1-3-8-15-14-11(5-4-6-12(14)16(18)19)10-21-9-7-13(17)20-2/h4-6,15H,3,7-10H2,1-2H3. The number of thioether (sulfide) groups is 1. The number of hydrogen-bond donors (Lipinski definition) is 1. The van der Waals surface area contributed by atoms with Crippen molar-refractivity contribution < 1.29 is 14.5 Å². The van der Waals surface area contributed by atoms with Crippen LogP contribution in [0.4, 0.5) is 11.4 Å². The van der Waals surface area contributed by atoms with Gasteiger partial charge in [0.1, 0.15) is 5.69 Å². The smallest absolute Gasteiger partial charge is 0.306 e. The SMILES string of the molecule is CCCNc1c(CSCCC(=O)OC)cccc1[N+](=O)[O-]. The van der Waals surface area contributed by atoms with E-state index in [9.17, 15) is 14.9 Å². The fourth-order valence-electron chi connectivity index (χ4n) is 1.75. The van der Waals surface area contributed by atoms with Gasteiger partial charge in [-0.3, -0.25) is 14.9 Å². The van der Waals surface area contributed by atoms with E-state index in [1.165, 1.54) is 13.2 Å². The molecule has 1 aromatic rings. The lowest BCUT2D eigenvalue weighted by Gasteiger charge is -2.11. The Morgan fingerprint density at radius 1 is 1.48 bits per heavy atom. The van der Waals surface area contributed by atoms with Crippen LogP contribution in [-0.2, 0) is 15.3 Å². The lowest BCUT2D eigenvalue weighted by molar-refractivity contribution is -0.384. The number of carbonyl (C=O) groups excluding carboxylic acids is 1. The average Bonchev–Trinajstić information content (AvgIpc) is 2.49. The Balaban J connectivity index is 2.73. The molecule has 0 unspecified atom stereocenters. The maximum Gasteiger partial charge on any atom is 0.306 e. The Bertz CT molecular complexity index is 494. The highest BCUT2D eigenvalue weighted by Crippen LogP contribution is 2.31. The van der Waals surface area contributed by atoms with Crippen molar-refractivity contribution >= 4 is 29.1 Å². The van der Waals surface area contributed by atoms with E-state index in [2.05, 4.69) is 10.1 Å². The minimum absolute atomic E-state index is 0.0921. The van der Waals surface area contributed by atoms with Gasteiger partial charge in [0.25, 0.3) is 5.69 Å². The molecule has 116 valence electrons. The molecule has 0 fully saturated rings. The molecule has 1 rings (SSSR count). The number of para-hydroxylation sites is 1. The molecule has 0 aliphatic rings. The van der Waals surface area contributed by atoms with Gasteiger partial charge < -0.3 is 10.1 Å². The number of nitro benzene ring substituents is 1. The molecule has 21 heavy (non-hydrogen) atoms. The second-order valence-electron chi connectivity index (χ2n) is 4.37. The third kappa shape index (κ3) is 5.63. The number of esters is 1. The van der Waals surface area contributed by atoms with E-state index in [4.69, 9.17) is 0 Å². The van der Waals surface area contributed by atoms with E-state index in [1.54, 1.807) is 17.8 Å². The maximum absolute atomic E-state index is 11.1. The Labute approximate surface area is 128 Å². The van der Waals surface area contributed by atoms with Crippen LogP contribution in [0.1, 0.15) is 25.3 Å². The Morgan fingerprint density at radius 2 is 2.24 bits per heavy atom. The minimum atomic E-state index is -0.374. The predicted octanol–water partition coefficient (Wildman–Crippen LogP) is 3.21. The van der Waals surface area contributed by atoms with Gasteiger partial charge in [0, 0.05) is 24.1 Å². The molecule has 0 bridgehead atoms. The first-order valence-electron chi connectivity index (χ1n) is 6.74. The molecular weight excluding hydrogens is 292 g/mol. The first-order valence-corrected chi connectivity index (χ1v) is 7.90. The maximum atomic E-state index is 11.1. The zero-order valence-corrected chi connectivity index (χ0v) is 13.1. The molecule has 1 aromatic carbocycles. The third-order valence-electron chi connectivity index (χ3n) is 2.81. The first kappa shape index (κ1) is 17.3. The van der Waals surface area contributed by atoms with E-state index < -0.39 is 0 Å². The van der Waals surface area contributed by atoms with Crippen molar-refractivity contribution in [2.24, 2.45) is 0 Å². The number of carbonyl (C=O) groups is 1. The molecule has 0 atom stereocenters. The third-order valence-corrected chi connectivity index (χ3v) is 3.82. The normalized spacial score (nSPS) is 10.2. The Kier molecular flexibility index (Phi) is 7.60. The van der Waals surface area contributed by atoms with Gasteiger partial charge in [0.15, 0.2) is 0 Å². The van der Waals surface area contributed by atoms with E-state index in [0.717, 1.165) is 12.0 Å². The first-order chi connectivity index (χ1) is 10.1. The van der Waals surface area contributed by atoms with Gasteiger partial charge in [-0.25, -0.2) is 0 Å². The van der Waals surface area contributed by atoms with Crippen LogP contribution in [0.2, 0.25) is 0 Å². The largest absolute Gasteiger partial charge is 0.469 e. The molecule has 7 heteroatoms. The highest BCUT2D eigenvalue weighted by Gasteiger charge is 2.16. The quantitative estimate of drug-likeness (QED) is 0.326. The molecule has 0 aromatic heterocycles. The second-order valence-corrected chi connectivity index (χ2v) is 5.48. The molecular formula is C14H20N2O4S. The zero-order valence-electron chi connectivity index (χ0n) is 12.3. The van der Waals surface area contributed by atoms with Crippen molar-refractivity contribution in [2.45, 2.75) is 25.5 Å². The summed E-state index contributed by atoms with van der Waals surface area (Å²) < 4.78 is 4.58. The highest BCUT2D eigenvalue weighted by atomic mass is 32.2. The summed E-state index contributed by atoms with van der Waals surface area (Å²) >= 11 is 1.55. The van der Waals surface area contributed by atoms with Gasteiger partial charge in [-0.1, -0.05) is 19.1 Å². The minimum Gasteiger partial charge on any atom is -0.469 e. The van der Waals surface area contributed by atoms with E-state index in [1.807, 2.05) is 13.0 Å². The van der Waals surface area contributed by atoms with E-state index in [0.29, 0.717) is 30.2 Å². The number of ether oxygens (including phenoxy) is 1. The monoisotopic (exact) mass is 312 g/mol. The highest BCUT2D eigenvalue weighted by molar-refractivity contribution is 7.98. The van der Waals surface area contributed by atoms with Crippen LogP contribution < -0.4 is 5.32 Å². The van der Waals surface area contributed by atoms with Crippen LogP contribution in [0.25, 0.3) is 0 Å². The lowest BCUT2D eigenvalue weighted by atomic mass is 10.1. The van der Waals surface area contributed by atoms with Gasteiger partial charge in [0.05, 0.1) is 18.5 Å². The van der Waals surface area contributed by atoms with Crippen LogP contribution in [0.3, 0.4) is 0 Å². The van der Waals surface area contributed by atoms with Crippen molar-refractivity contribution in [1.82, 2.24) is 0 Å². The summed E-state index contributed by atoms with van der Waals surface area (Å²) in [7, 11) is 1.36. The molecule has 0 aliphatic heterocycles. The fourth-order valence-corrected chi connectivity index (χ4v) is 2.67. The predicted molar refractivity (Wildman–Crippen MR) is 84.7 cm³/mol. The summed E-state index contributed by atoms with van der Waals surface area (Å²) in [5.74, 6) is 0.999. The van der Waals surface area contributed by atoms with Crippen molar-refractivity contribution in [1.29, 1.82) is 0 Å². The topological polar surface area (TPSA) is 81.5 Å². The van der Waals surface area contributed by atoms with Crippen molar-refractivity contribution in [2.75, 3.05) is 24.7 Å². The van der Waals surface area contributed by atoms with Gasteiger partial charge in [0.2, 0.25) is 0 Å². The van der Waals surface area contributed by atoms with Gasteiger partial charge >= 0.3 is 5.97 Å². The van der Waals surface area contributed by atoms with Gasteiger partial charge in [-0.05, 0) is 12.0 Å². The summed E-state index contributed by atoms with van der Waals surface area (Å²) in [6.07, 6.45) is 1.23. The molecule has 1 N–H and O–H groups in total. The molecule has 0 spiro atoms. The van der Waals surface area contributed by atoms with Crippen LogP contribution >= 0.6 is 11.8 Å². The van der Waals surface area contributed by atoms with Crippen LogP contribution in [0, 0.1) is 10.1 Å². The Morgan fingerprint density at radius 3 is 2.86 bits per heavy atom. The summed E-state index contributed by atoms with van der Waals surface area (Å²) in [6.45, 7) is 2.69. The number of nitrogens with one attached hydrogen (secondary N) is 1. The van der Waals surface area contributed by atoms with Crippen LogP contribution in [-0.4, -0.2) is 30.3 Å². The van der Waals surface area contributed by atoms with Crippen LogP contribution in [0.15, 0.2) is 18.2 Å². The summed E-state index contributed by atoms with van der Waals surface area (Å²) in [5, 5.41) is 14.2. The molecule has 6 nitrogen and oxygen atoms in total. The molecule has 0 saturated heterocycles. The molecule has 0 heterocycles. The summed E-state index contributed by atoms with van der Waals surface area (Å²) in [6, 6.07) is 5.06. The fraction of sp³-hybridized carbons (Fsp3) is 0.500. The van der Waals surface area contributed by atoms with Crippen molar-refractivity contribution in [3.63, 3.8) is 0 Å². The molecule has 0 aliphatic carbocycles. The van der Waals surface area contributed by atoms with Crippen molar-refractivity contribution in [3.8, 4) is 0 Å². The number of rotatable bonds is 9. The summed E-state index contributed by atoms with van der Waals surface area (Å²) in [5.41, 5.74) is 1.55. The Hall–Kier alpha value is -1.76. The van der Waals surface area contributed by atoms with Crippen molar-refractivity contribution in [3.05, 3.63) is 33.9 Å². The zero-order chi connectivity index (χ0) is 15.7. The lowest BCUT2D eigenvalue weighted by Crippen LogP contribution is -2.06. The van der Waals surface area contributed by atoms with Gasteiger partial charge in [-0.15, -0.1) is 0 Å². The molecule has 0 amide bonds. The number of nitrogens with zero attached hydrogens (tertiary/aromatic N) is 1. The van der Waals surface area contributed by atoms with E-state index in [-0.39, 0.29) is 16.6 Å². The van der Waals surface area contributed by atoms with E-state index >= 15 is 0 Å². The molecule has 0 saturated carbocycles. The number of anilines is 1. The molecule has 0 radical (unpaired) electrons. The second kappa shape index (κ2) is 9.23. The number of hydrogen-bond acceptors (Lipinski definition) is 6. The number of benzene rings is 1. The van der Waals surface area contributed by atoms with Gasteiger partial charge in [-0.2, -0.15) is 11.8 Å². The summed E-state index contributed by atoms with van der Waals surface area (Å²) in [4.78, 5) is 21.8. The average molecular weight is 312 g/mol. The van der Waals surface area contributed by atoms with Crippen LogP contribution in [0.5, 0.6) is 0 Å². The number of nitro groups is 1.